The van der Waals surface area contributed by atoms with E-state index in [0.717, 1.165) is 6.26 Å². The number of alkyl halides is 1. The van der Waals surface area contributed by atoms with Gasteiger partial charge in [-0.05, 0) is 24.3 Å². The van der Waals surface area contributed by atoms with Crippen LogP contribution in [0.25, 0.3) is 10.9 Å². The molecule has 30 heavy (non-hydrogen) atoms. The molecule has 0 saturated carbocycles. The van der Waals surface area contributed by atoms with Gasteiger partial charge in [-0.2, -0.15) is 5.10 Å². The standard InChI is InChI=1S/C20H18FN5O3S/c1-26-9-8-18(25-26)24-20-15-10-14(6-7-16(15)22-12-23-20)29-19-13(11-21)4-3-5-17(19)30(2,27)28/h3-10,12H,11H2,1-2H3,(H,22,23,24,25). The van der Waals surface area contributed by atoms with Gasteiger partial charge in [-0.15, -0.1) is 0 Å². The van der Waals surface area contributed by atoms with Crippen molar-refractivity contribution in [2.45, 2.75) is 11.6 Å². The molecular weight excluding hydrogens is 409 g/mol. The summed E-state index contributed by atoms with van der Waals surface area (Å²) in [5, 5.41) is 8.03. The van der Waals surface area contributed by atoms with Crippen LogP contribution >= 0.6 is 0 Å². The van der Waals surface area contributed by atoms with Crippen molar-refractivity contribution in [1.29, 1.82) is 0 Å². The average Bonchev–Trinajstić information content (AvgIpc) is 3.12. The number of anilines is 2. The number of hydrogen-bond acceptors (Lipinski definition) is 7. The molecule has 0 atom stereocenters. The summed E-state index contributed by atoms with van der Waals surface area (Å²) in [6.07, 6.45) is 4.27. The third-order valence-corrected chi connectivity index (χ3v) is 5.51. The Labute approximate surface area is 172 Å². The van der Waals surface area contributed by atoms with Crippen LogP contribution in [0.4, 0.5) is 16.0 Å². The highest BCUT2D eigenvalue weighted by Gasteiger charge is 2.19. The summed E-state index contributed by atoms with van der Waals surface area (Å²) < 4.78 is 45.3. The Morgan fingerprint density at radius 3 is 2.70 bits per heavy atom. The summed E-state index contributed by atoms with van der Waals surface area (Å²) in [5.74, 6) is 1.40. The Morgan fingerprint density at radius 1 is 1.17 bits per heavy atom. The third kappa shape index (κ3) is 3.94. The lowest BCUT2D eigenvalue weighted by Gasteiger charge is -2.14. The maximum absolute atomic E-state index is 13.5. The fourth-order valence-electron chi connectivity index (χ4n) is 2.99. The number of aryl methyl sites for hydroxylation is 1. The van der Waals surface area contributed by atoms with E-state index in [9.17, 15) is 12.8 Å². The van der Waals surface area contributed by atoms with Gasteiger partial charge in [0, 0.05) is 36.5 Å². The molecule has 0 bridgehead atoms. The number of para-hydroxylation sites is 1. The molecule has 0 saturated heterocycles. The number of aromatic nitrogens is 4. The van der Waals surface area contributed by atoms with E-state index < -0.39 is 16.5 Å². The van der Waals surface area contributed by atoms with Crippen molar-refractivity contribution in [2.24, 2.45) is 7.05 Å². The van der Waals surface area contributed by atoms with Crippen LogP contribution in [0.15, 0.2) is 59.9 Å². The Morgan fingerprint density at radius 2 is 2.00 bits per heavy atom. The molecule has 0 aliphatic heterocycles. The van der Waals surface area contributed by atoms with Crippen molar-refractivity contribution in [2.75, 3.05) is 11.6 Å². The number of ether oxygens (including phenoxy) is 1. The van der Waals surface area contributed by atoms with Gasteiger partial charge in [-0.25, -0.2) is 22.8 Å². The second kappa shape index (κ2) is 7.71. The zero-order chi connectivity index (χ0) is 21.3. The average molecular weight is 427 g/mol. The Hall–Kier alpha value is -3.53. The van der Waals surface area contributed by atoms with Crippen LogP contribution in [0.2, 0.25) is 0 Å². The first-order valence-electron chi connectivity index (χ1n) is 8.92. The van der Waals surface area contributed by atoms with E-state index in [2.05, 4.69) is 20.4 Å². The second-order valence-corrected chi connectivity index (χ2v) is 8.64. The van der Waals surface area contributed by atoms with Crippen molar-refractivity contribution >= 4 is 32.4 Å². The fraction of sp³-hybridized carbons (Fsp3) is 0.150. The molecule has 10 heteroatoms. The normalized spacial score (nSPS) is 11.6. The van der Waals surface area contributed by atoms with Crippen molar-refractivity contribution < 1.29 is 17.5 Å². The molecule has 2 aromatic carbocycles. The lowest BCUT2D eigenvalue weighted by atomic mass is 10.2. The van der Waals surface area contributed by atoms with E-state index in [1.165, 1.54) is 24.5 Å². The lowest BCUT2D eigenvalue weighted by molar-refractivity contribution is 0.430. The van der Waals surface area contributed by atoms with Gasteiger partial charge in [-0.3, -0.25) is 4.68 Å². The largest absolute Gasteiger partial charge is 0.456 e. The molecule has 0 fully saturated rings. The number of sulfone groups is 1. The van der Waals surface area contributed by atoms with Gasteiger partial charge in [0.05, 0.1) is 5.52 Å². The number of halogens is 1. The molecule has 0 unspecified atom stereocenters. The van der Waals surface area contributed by atoms with E-state index in [-0.39, 0.29) is 16.2 Å². The summed E-state index contributed by atoms with van der Waals surface area (Å²) >= 11 is 0. The smallest absolute Gasteiger partial charge is 0.179 e. The molecule has 2 heterocycles. The molecule has 0 aliphatic rings. The molecule has 2 aromatic heterocycles. The van der Waals surface area contributed by atoms with Gasteiger partial charge in [-0.1, -0.05) is 12.1 Å². The molecule has 154 valence electrons. The highest BCUT2D eigenvalue weighted by Crippen LogP contribution is 2.35. The van der Waals surface area contributed by atoms with Gasteiger partial charge in [0.15, 0.2) is 21.4 Å². The second-order valence-electron chi connectivity index (χ2n) is 6.65. The monoisotopic (exact) mass is 427 g/mol. The lowest BCUT2D eigenvalue weighted by Crippen LogP contribution is -2.03. The first-order chi connectivity index (χ1) is 14.3. The Balaban J connectivity index is 1.77. The summed E-state index contributed by atoms with van der Waals surface area (Å²) in [6, 6.07) is 11.2. The van der Waals surface area contributed by atoms with Crippen LogP contribution < -0.4 is 10.1 Å². The summed E-state index contributed by atoms with van der Waals surface area (Å²) in [5.41, 5.74) is 0.798. The number of benzene rings is 2. The molecule has 4 rings (SSSR count). The minimum atomic E-state index is -3.61. The fourth-order valence-corrected chi connectivity index (χ4v) is 3.83. The third-order valence-electron chi connectivity index (χ3n) is 4.39. The van der Waals surface area contributed by atoms with Crippen LogP contribution in [-0.4, -0.2) is 34.4 Å². The zero-order valence-corrected chi connectivity index (χ0v) is 17.0. The van der Waals surface area contributed by atoms with Gasteiger partial charge >= 0.3 is 0 Å². The molecule has 8 nitrogen and oxygen atoms in total. The first kappa shape index (κ1) is 19.8. The highest BCUT2D eigenvalue weighted by molar-refractivity contribution is 7.90. The van der Waals surface area contributed by atoms with Gasteiger partial charge < -0.3 is 10.1 Å². The number of nitrogens with zero attached hydrogens (tertiary/aromatic N) is 4. The maximum Gasteiger partial charge on any atom is 0.179 e. The van der Waals surface area contributed by atoms with Gasteiger partial charge in [0.2, 0.25) is 0 Å². The van der Waals surface area contributed by atoms with Crippen LogP contribution in [0, 0.1) is 0 Å². The highest BCUT2D eigenvalue weighted by atomic mass is 32.2. The topological polar surface area (TPSA) is 99.0 Å². The SMILES string of the molecule is Cn1ccc(Nc2ncnc3ccc(Oc4c(CF)cccc4S(C)(=O)=O)cc23)n1. The van der Waals surface area contributed by atoms with Crippen molar-refractivity contribution in [3.05, 3.63) is 60.6 Å². The molecular formula is C20H18FN5O3S. The Bertz CT molecular complexity index is 1340. The van der Waals surface area contributed by atoms with E-state index in [1.54, 1.807) is 42.2 Å². The van der Waals surface area contributed by atoms with Crippen LogP contribution in [0.5, 0.6) is 11.5 Å². The predicted octanol–water partition coefficient (Wildman–Crippen LogP) is 3.77. The molecule has 0 amide bonds. The number of fused-ring (bicyclic) bond motifs is 1. The van der Waals surface area contributed by atoms with Crippen molar-refractivity contribution in [3.63, 3.8) is 0 Å². The molecule has 4 aromatic rings. The first-order valence-corrected chi connectivity index (χ1v) is 10.8. The minimum Gasteiger partial charge on any atom is -0.456 e. The zero-order valence-electron chi connectivity index (χ0n) is 16.2. The minimum absolute atomic E-state index is 0.0297. The van der Waals surface area contributed by atoms with Gasteiger partial charge in [0.25, 0.3) is 0 Å². The van der Waals surface area contributed by atoms with Crippen molar-refractivity contribution in [3.8, 4) is 11.5 Å². The van der Waals surface area contributed by atoms with Gasteiger partial charge in [0.1, 0.15) is 29.5 Å². The summed E-state index contributed by atoms with van der Waals surface area (Å²) in [4.78, 5) is 8.43. The van der Waals surface area contributed by atoms with Crippen molar-refractivity contribution in [1.82, 2.24) is 19.7 Å². The predicted molar refractivity (Wildman–Crippen MR) is 110 cm³/mol. The van der Waals surface area contributed by atoms with Crippen LogP contribution in [-0.2, 0) is 23.6 Å². The summed E-state index contributed by atoms with van der Waals surface area (Å²) in [7, 11) is -1.81. The van der Waals surface area contributed by atoms with E-state index in [4.69, 9.17) is 4.74 Å². The molecule has 0 aliphatic carbocycles. The van der Waals surface area contributed by atoms with E-state index in [0.29, 0.717) is 28.3 Å². The quantitative estimate of drug-likeness (QED) is 0.500. The molecule has 1 N–H and O–H groups in total. The molecule has 0 spiro atoms. The summed E-state index contributed by atoms with van der Waals surface area (Å²) in [6.45, 7) is -0.859. The molecule has 0 radical (unpaired) electrons. The van der Waals surface area contributed by atoms with E-state index in [1.807, 2.05) is 0 Å². The number of hydrogen-bond donors (Lipinski definition) is 1. The van der Waals surface area contributed by atoms with Crippen LogP contribution in [0.3, 0.4) is 0 Å². The maximum atomic E-state index is 13.5. The van der Waals surface area contributed by atoms with Crippen LogP contribution in [0.1, 0.15) is 5.56 Å². The van der Waals surface area contributed by atoms with E-state index >= 15 is 0 Å². The Kier molecular flexibility index (Phi) is 5.08. The number of nitrogens with one attached hydrogen (secondary N) is 1. The number of rotatable bonds is 6.